The molecule has 4 heteroatoms. The molecule has 1 aromatic rings. The van der Waals surface area contributed by atoms with Crippen molar-refractivity contribution in [3.05, 3.63) is 17.5 Å². The number of aromatic nitrogens is 2. The zero-order valence-electron chi connectivity index (χ0n) is 14.6. The van der Waals surface area contributed by atoms with E-state index in [0.717, 1.165) is 12.5 Å². The minimum Gasteiger partial charge on any atom is -0.329 e. The molecule has 1 fully saturated rings. The van der Waals surface area contributed by atoms with Gasteiger partial charge in [-0.3, -0.25) is 9.58 Å². The minimum absolute atomic E-state index is 0.0479. The Hall–Kier alpha value is -0.870. The van der Waals surface area contributed by atoms with Crippen LogP contribution >= 0.6 is 0 Å². The molecule has 120 valence electrons. The lowest BCUT2D eigenvalue weighted by Crippen LogP contribution is -2.40. The summed E-state index contributed by atoms with van der Waals surface area (Å²) in [5.41, 5.74) is 8.72. The molecule has 1 saturated carbocycles. The Morgan fingerprint density at radius 1 is 1.38 bits per heavy atom. The summed E-state index contributed by atoms with van der Waals surface area (Å²) in [5.74, 6) is 0.871. The summed E-state index contributed by atoms with van der Waals surface area (Å²) in [6.45, 7) is 13.1. The highest BCUT2D eigenvalue weighted by Crippen LogP contribution is 2.36. The molecule has 0 amide bonds. The molecule has 0 saturated heterocycles. The Bertz CT molecular complexity index is 466. The Kier molecular flexibility index (Phi) is 4.79. The number of nitrogens with zero attached hydrogens (tertiary/aromatic N) is 3. The van der Waals surface area contributed by atoms with Crippen LogP contribution in [-0.2, 0) is 12.5 Å². The first kappa shape index (κ1) is 16.5. The van der Waals surface area contributed by atoms with E-state index in [-0.39, 0.29) is 11.5 Å². The summed E-state index contributed by atoms with van der Waals surface area (Å²) in [7, 11) is 2.01. The van der Waals surface area contributed by atoms with Gasteiger partial charge in [0.25, 0.3) is 0 Å². The Labute approximate surface area is 129 Å². The van der Waals surface area contributed by atoms with Crippen LogP contribution in [-0.4, -0.2) is 33.8 Å². The number of rotatable bonds is 6. The van der Waals surface area contributed by atoms with E-state index in [0.29, 0.717) is 12.6 Å². The van der Waals surface area contributed by atoms with Crippen molar-refractivity contribution in [2.24, 2.45) is 18.7 Å². The van der Waals surface area contributed by atoms with Gasteiger partial charge < -0.3 is 5.73 Å². The van der Waals surface area contributed by atoms with E-state index in [9.17, 15) is 0 Å². The molecule has 1 aliphatic carbocycles. The average Bonchev–Trinajstić information content (AvgIpc) is 3.09. The molecule has 0 bridgehead atoms. The summed E-state index contributed by atoms with van der Waals surface area (Å²) in [4.78, 5) is 2.57. The molecule has 0 aliphatic heterocycles. The Morgan fingerprint density at radius 2 is 2.00 bits per heavy atom. The fraction of sp³-hybridized carbons (Fsp3) is 0.824. The van der Waals surface area contributed by atoms with Gasteiger partial charge >= 0.3 is 0 Å². The van der Waals surface area contributed by atoms with Crippen LogP contribution in [0.3, 0.4) is 0 Å². The molecular formula is C17H32N4. The Morgan fingerprint density at radius 3 is 2.43 bits per heavy atom. The maximum absolute atomic E-state index is 6.18. The van der Waals surface area contributed by atoms with E-state index in [1.807, 2.05) is 11.7 Å². The first-order chi connectivity index (χ1) is 9.74. The lowest BCUT2D eigenvalue weighted by Gasteiger charge is -2.35. The van der Waals surface area contributed by atoms with E-state index in [1.54, 1.807) is 0 Å². The van der Waals surface area contributed by atoms with Gasteiger partial charge in [0.15, 0.2) is 0 Å². The molecule has 4 nitrogen and oxygen atoms in total. The predicted octanol–water partition coefficient (Wildman–Crippen LogP) is 2.84. The number of nitrogens with two attached hydrogens (primary N) is 1. The summed E-state index contributed by atoms with van der Waals surface area (Å²) in [6, 6.07) is 0.778. The smallest absolute Gasteiger partial charge is 0.0726 e. The van der Waals surface area contributed by atoms with Gasteiger partial charge in [0.2, 0.25) is 0 Å². The van der Waals surface area contributed by atoms with Crippen molar-refractivity contribution in [3.8, 4) is 0 Å². The third-order valence-corrected chi connectivity index (χ3v) is 4.38. The lowest BCUT2D eigenvalue weighted by atomic mass is 9.87. The highest BCUT2D eigenvalue weighted by molar-refractivity contribution is 5.28. The van der Waals surface area contributed by atoms with Gasteiger partial charge in [-0.1, -0.05) is 20.8 Å². The fourth-order valence-electron chi connectivity index (χ4n) is 3.07. The highest BCUT2D eigenvalue weighted by Gasteiger charge is 2.33. The number of hydrogen-bond acceptors (Lipinski definition) is 3. The largest absolute Gasteiger partial charge is 0.329 e. The second-order valence-electron chi connectivity index (χ2n) is 7.84. The van der Waals surface area contributed by atoms with E-state index in [4.69, 9.17) is 10.8 Å². The van der Waals surface area contributed by atoms with Gasteiger partial charge in [-0.05, 0) is 32.6 Å². The Balaban J connectivity index is 2.34. The van der Waals surface area contributed by atoms with Crippen LogP contribution in [0.1, 0.15) is 64.8 Å². The van der Waals surface area contributed by atoms with Crippen molar-refractivity contribution in [2.45, 2.75) is 65.0 Å². The van der Waals surface area contributed by atoms with E-state index < -0.39 is 0 Å². The SMILES string of the molecule is CC(C)N(CC1CC1)C(CN)c1cn(C)nc1C(C)(C)C. The molecule has 1 unspecified atom stereocenters. The van der Waals surface area contributed by atoms with Gasteiger partial charge in [0.1, 0.15) is 0 Å². The van der Waals surface area contributed by atoms with Crippen molar-refractivity contribution < 1.29 is 0 Å². The lowest BCUT2D eigenvalue weighted by molar-refractivity contribution is 0.148. The number of aryl methyl sites for hydroxylation is 1. The maximum Gasteiger partial charge on any atom is 0.0726 e. The first-order valence-corrected chi connectivity index (χ1v) is 8.23. The quantitative estimate of drug-likeness (QED) is 0.877. The third kappa shape index (κ3) is 3.86. The van der Waals surface area contributed by atoms with E-state index in [2.05, 4.69) is 45.7 Å². The van der Waals surface area contributed by atoms with Crippen molar-refractivity contribution in [3.63, 3.8) is 0 Å². The van der Waals surface area contributed by atoms with Gasteiger partial charge in [0.05, 0.1) is 11.7 Å². The van der Waals surface area contributed by atoms with Crippen LogP contribution in [0.4, 0.5) is 0 Å². The van der Waals surface area contributed by atoms with Gasteiger partial charge in [-0.25, -0.2) is 0 Å². The maximum atomic E-state index is 6.18. The molecule has 1 aromatic heterocycles. The zero-order valence-corrected chi connectivity index (χ0v) is 14.6. The third-order valence-electron chi connectivity index (χ3n) is 4.38. The molecule has 2 rings (SSSR count). The second-order valence-corrected chi connectivity index (χ2v) is 7.84. The molecule has 1 atom stereocenters. The van der Waals surface area contributed by atoms with Gasteiger partial charge in [-0.15, -0.1) is 0 Å². The molecule has 0 radical (unpaired) electrons. The van der Waals surface area contributed by atoms with Gasteiger partial charge in [0, 0.05) is 43.4 Å². The molecule has 21 heavy (non-hydrogen) atoms. The predicted molar refractivity (Wildman–Crippen MR) is 88.3 cm³/mol. The van der Waals surface area contributed by atoms with Crippen molar-refractivity contribution in [1.82, 2.24) is 14.7 Å². The van der Waals surface area contributed by atoms with Crippen LogP contribution < -0.4 is 5.73 Å². The minimum atomic E-state index is 0.0479. The first-order valence-electron chi connectivity index (χ1n) is 8.23. The topological polar surface area (TPSA) is 47.1 Å². The van der Waals surface area contributed by atoms with Crippen LogP contribution in [0, 0.1) is 5.92 Å². The van der Waals surface area contributed by atoms with Gasteiger partial charge in [-0.2, -0.15) is 5.10 Å². The second kappa shape index (κ2) is 6.09. The molecule has 0 aromatic carbocycles. The summed E-state index contributed by atoms with van der Waals surface area (Å²) < 4.78 is 1.94. The van der Waals surface area contributed by atoms with Crippen molar-refractivity contribution >= 4 is 0 Å². The van der Waals surface area contributed by atoms with Crippen molar-refractivity contribution in [1.29, 1.82) is 0 Å². The average molecular weight is 292 g/mol. The summed E-state index contributed by atoms with van der Waals surface area (Å²) >= 11 is 0. The van der Waals surface area contributed by atoms with Crippen LogP contribution in [0.5, 0.6) is 0 Å². The van der Waals surface area contributed by atoms with E-state index >= 15 is 0 Å². The van der Waals surface area contributed by atoms with Crippen LogP contribution in [0.2, 0.25) is 0 Å². The van der Waals surface area contributed by atoms with Crippen molar-refractivity contribution in [2.75, 3.05) is 13.1 Å². The van der Waals surface area contributed by atoms with E-state index in [1.165, 1.54) is 24.1 Å². The molecule has 2 N–H and O–H groups in total. The molecule has 0 spiro atoms. The molecular weight excluding hydrogens is 260 g/mol. The standard InChI is InChI=1S/C17H32N4/c1-12(2)21(10-13-7-8-13)15(9-18)14-11-20(6)19-16(14)17(3,4)5/h11-13,15H,7-10,18H2,1-6H3. The highest BCUT2D eigenvalue weighted by atomic mass is 15.3. The normalized spacial score (nSPS) is 17.8. The fourth-order valence-corrected chi connectivity index (χ4v) is 3.07. The van der Waals surface area contributed by atoms with Crippen LogP contribution in [0.25, 0.3) is 0 Å². The summed E-state index contributed by atoms with van der Waals surface area (Å²) in [6.07, 6.45) is 4.92. The monoisotopic (exact) mass is 292 g/mol. The molecule has 1 aliphatic rings. The number of hydrogen-bond donors (Lipinski definition) is 1. The summed E-state index contributed by atoms with van der Waals surface area (Å²) in [5, 5.41) is 4.72. The van der Waals surface area contributed by atoms with Crippen LogP contribution in [0.15, 0.2) is 6.20 Å². The molecule has 1 heterocycles. The zero-order chi connectivity index (χ0) is 15.8.